The number of thioether (sulfide) groups is 1. The normalized spacial score (nSPS) is 21.1. The van der Waals surface area contributed by atoms with Crippen LogP contribution in [0.1, 0.15) is 40.8 Å². The van der Waals surface area contributed by atoms with Gasteiger partial charge in [-0.05, 0) is 49.8 Å². The Bertz CT molecular complexity index is 1000. The van der Waals surface area contributed by atoms with E-state index >= 15 is 0 Å². The monoisotopic (exact) mass is 414 g/mol. The van der Waals surface area contributed by atoms with Gasteiger partial charge < -0.3 is 11.1 Å². The molecule has 2 aromatic rings. The second kappa shape index (κ2) is 7.11. The summed E-state index contributed by atoms with van der Waals surface area (Å²) in [6.07, 6.45) is 5.52. The summed E-state index contributed by atoms with van der Waals surface area (Å²) in [6.45, 7) is 0.705. The van der Waals surface area contributed by atoms with Crippen LogP contribution in [-0.2, 0) is 24.9 Å². The predicted molar refractivity (Wildman–Crippen MR) is 114 cm³/mol. The van der Waals surface area contributed by atoms with E-state index in [1.165, 1.54) is 11.8 Å². The van der Waals surface area contributed by atoms with Gasteiger partial charge in [0, 0.05) is 30.6 Å². The SMILES string of the molecule is CNc1nc(SC)nc2c1CN(C)C1(CCCc3c(Cl)cc(N)c(C#N)c31)C2. The lowest BCUT2D eigenvalue weighted by molar-refractivity contribution is 0.0726. The molecule has 28 heavy (non-hydrogen) atoms. The Kier molecular flexibility index (Phi) is 4.90. The Balaban J connectivity index is 1.96. The van der Waals surface area contributed by atoms with Gasteiger partial charge in [-0.15, -0.1) is 0 Å². The van der Waals surface area contributed by atoms with E-state index < -0.39 is 0 Å². The van der Waals surface area contributed by atoms with E-state index in [2.05, 4.69) is 28.3 Å². The van der Waals surface area contributed by atoms with Gasteiger partial charge in [0.1, 0.15) is 11.9 Å². The molecule has 1 aromatic carbocycles. The Morgan fingerprint density at radius 1 is 1.39 bits per heavy atom. The molecule has 1 aliphatic heterocycles. The highest BCUT2D eigenvalue weighted by molar-refractivity contribution is 7.98. The Hall–Kier alpha value is -2.01. The first-order valence-electron chi connectivity index (χ1n) is 9.29. The van der Waals surface area contributed by atoms with Crippen LogP contribution in [0, 0.1) is 11.3 Å². The minimum absolute atomic E-state index is 0.334. The van der Waals surface area contributed by atoms with Gasteiger partial charge in [0.25, 0.3) is 0 Å². The summed E-state index contributed by atoms with van der Waals surface area (Å²) in [7, 11) is 4.00. The number of nitrogen functional groups attached to an aromatic ring is 1. The maximum atomic E-state index is 9.89. The molecule has 4 rings (SSSR count). The van der Waals surface area contributed by atoms with Gasteiger partial charge in [0.15, 0.2) is 5.16 Å². The third kappa shape index (κ3) is 2.74. The molecule has 1 aliphatic carbocycles. The fourth-order valence-electron chi connectivity index (χ4n) is 4.75. The molecule has 3 N–H and O–H groups in total. The van der Waals surface area contributed by atoms with Crippen molar-refractivity contribution in [1.29, 1.82) is 5.26 Å². The topological polar surface area (TPSA) is 90.9 Å². The van der Waals surface area contributed by atoms with E-state index in [0.29, 0.717) is 29.2 Å². The molecule has 1 atom stereocenters. The number of nitrogens with zero attached hydrogens (tertiary/aromatic N) is 4. The van der Waals surface area contributed by atoms with Gasteiger partial charge in [0.2, 0.25) is 0 Å². The number of nitriles is 1. The number of fused-ring (bicyclic) bond motifs is 3. The third-order valence-electron chi connectivity index (χ3n) is 6.08. The smallest absolute Gasteiger partial charge is 0.189 e. The second-order valence-corrected chi connectivity index (χ2v) is 8.62. The molecule has 1 aromatic heterocycles. The molecule has 1 spiro atoms. The zero-order valence-electron chi connectivity index (χ0n) is 16.3. The Morgan fingerprint density at radius 2 is 2.18 bits per heavy atom. The summed E-state index contributed by atoms with van der Waals surface area (Å²) < 4.78 is 0. The maximum Gasteiger partial charge on any atom is 0.189 e. The zero-order valence-corrected chi connectivity index (χ0v) is 17.8. The number of hydrogen-bond acceptors (Lipinski definition) is 7. The minimum Gasteiger partial charge on any atom is -0.398 e. The molecule has 0 radical (unpaired) electrons. The van der Waals surface area contributed by atoms with Gasteiger partial charge in [-0.2, -0.15) is 5.26 Å². The summed E-state index contributed by atoms with van der Waals surface area (Å²) in [6, 6.07) is 4.08. The highest BCUT2D eigenvalue weighted by Gasteiger charge is 2.47. The summed E-state index contributed by atoms with van der Waals surface area (Å²) >= 11 is 8.11. The summed E-state index contributed by atoms with van der Waals surface area (Å²) in [5, 5.41) is 14.5. The number of benzene rings is 1. The van der Waals surface area contributed by atoms with Crippen molar-refractivity contribution in [3.63, 3.8) is 0 Å². The first-order valence-corrected chi connectivity index (χ1v) is 10.9. The van der Waals surface area contributed by atoms with E-state index in [4.69, 9.17) is 22.3 Å². The van der Waals surface area contributed by atoms with Crippen molar-refractivity contribution < 1.29 is 0 Å². The maximum absolute atomic E-state index is 9.89. The number of halogens is 1. The zero-order chi connectivity index (χ0) is 20.1. The molecule has 0 bridgehead atoms. The lowest BCUT2D eigenvalue weighted by Crippen LogP contribution is -2.51. The molecule has 146 valence electrons. The van der Waals surface area contributed by atoms with Crippen LogP contribution in [-0.4, -0.2) is 35.2 Å². The number of aromatic nitrogens is 2. The highest BCUT2D eigenvalue weighted by atomic mass is 35.5. The van der Waals surface area contributed by atoms with Crippen LogP contribution in [0.15, 0.2) is 11.2 Å². The van der Waals surface area contributed by atoms with Crippen LogP contribution >= 0.6 is 23.4 Å². The molecule has 6 nitrogen and oxygen atoms in total. The predicted octanol–water partition coefficient (Wildman–Crippen LogP) is 3.57. The van der Waals surface area contributed by atoms with Crippen LogP contribution in [0.5, 0.6) is 0 Å². The van der Waals surface area contributed by atoms with Crippen LogP contribution in [0.2, 0.25) is 5.02 Å². The molecule has 2 heterocycles. The Labute approximate surface area is 174 Å². The van der Waals surface area contributed by atoms with Gasteiger partial charge in [-0.1, -0.05) is 23.4 Å². The van der Waals surface area contributed by atoms with Crippen LogP contribution in [0.3, 0.4) is 0 Å². The average molecular weight is 415 g/mol. The molecular formula is C20H23ClN6S. The lowest BCUT2D eigenvalue weighted by atomic mass is 9.69. The number of nitrogens with two attached hydrogens (primary N) is 1. The largest absolute Gasteiger partial charge is 0.398 e. The van der Waals surface area contributed by atoms with Crippen LogP contribution in [0.25, 0.3) is 0 Å². The van der Waals surface area contributed by atoms with E-state index in [9.17, 15) is 5.26 Å². The van der Waals surface area contributed by atoms with Crippen molar-refractivity contribution in [1.82, 2.24) is 14.9 Å². The third-order valence-corrected chi connectivity index (χ3v) is 6.97. The number of nitrogens with one attached hydrogen (secondary N) is 1. The van der Waals surface area contributed by atoms with Crippen LogP contribution < -0.4 is 11.1 Å². The van der Waals surface area contributed by atoms with Crippen molar-refractivity contribution in [3.05, 3.63) is 39.0 Å². The fourth-order valence-corrected chi connectivity index (χ4v) is 5.44. The lowest BCUT2D eigenvalue weighted by Gasteiger charge is -2.49. The first kappa shape index (κ1) is 19.3. The van der Waals surface area contributed by atoms with Gasteiger partial charge in [-0.25, -0.2) is 9.97 Å². The molecule has 1 unspecified atom stereocenters. The summed E-state index contributed by atoms with van der Waals surface area (Å²) in [4.78, 5) is 11.8. The highest BCUT2D eigenvalue weighted by Crippen LogP contribution is 2.50. The van der Waals surface area contributed by atoms with E-state index in [1.54, 1.807) is 6.07 Å². The van der Waals surface area contributed by atoms with E-state index in [1.807, 2.05) is 13.3 Å². The molecular weight excluding hydrogens is 392 g/mol. The fraction of sp³-hybridized carbons (Fsp3) is 0.450. The number of anilines is 2. The standard InChI is InChI=1S/C20H23ClN6S/c1-24-18-13-10-27(2)20(8-16(13)25-19(26-18)28-3)6-4-5-11-14(21)7-15(23)12(9-22)17(11)20/h7H,4-6,8,10,23H2,1-3H3,(H,24,25,26). The molecule has 0 saturated carbocycles. The molecule has 0 amide bonds. The average Bonchev–Trinajstić information content (AvgIpc) is 2.69. The van der Waals surface area contributed by atoms with E-state index in [0.717, 1.165) is 52.6 Å². The van der Waals surface area contributed by atoms with Crippen LogP contribution in [0.4, 0.5) is 11.5 Å². The van der Waals surface area contributed by atoms with Gasteiger partial charge >= 0.3 is 0 Å². The molecule has 0 saturated heterocycles. The quantitative estimate of drug-likeness (QED) is 0.441. The summed E-state index contributed by atoms with van der Waals surface area (Å²) in [5.74, 6) is 0.873. The number of hydrogen-bond donors (Lipinski definition) is 2. The molecule has 8 heteroatoms. The van der Waals surface area contributed by atoms with Crippen molar-refractivity contribution >= 4 is 34.9 Å². The molecule has 2 aliphatic rings. The van der Waals surface area contributed by atoms with Crippen molar-refractivity contribution in [3.8, 4) is 6.07 Å². The van der Waals surface area contributed by atoms with Gasteiger partial charge in [0.05, 0.1) is 22.5 Å². The number of likely N-dealkylation sites (N-methyl/N-ethyl adjacent to an activating group) is 1. The van der Waals surface area contributed by atoms with Gasteiger partial charge in [-0.3, -0.25) is 4.90 Å². The second-order valence-electron chi connectivity index (χ2n) is 7.44. The van der Waals surface area contributed by atoms with Crippen molar-refractivity contribution in [2.24, 2.45) is 0 Å². The Morgan fingerprint density at radius 3 is 2.86 bits per heavy atom. The number of rotatable bonds is 2. The van der Waals surface area contributed by atoms with E-state index in [-0.39, 0.29) is 5.54 Å². The van der Waals surface area contributed by atoms with Crippen molar-refractivity contribution in [2.75, 3.05) is 31.4 Å². The van der Waals surface area contributed by atoms with Crippen molar-refractivity contribution in [2.45, 2.75) is 42.9 Å². The first-order chi connectivity index (χ1) is 13.4. The minimum atomic E-state index is -0.334. The molecule has 0 fully saturated rings. The summed E-state index contributed by atoms with van der Waals surface area (Å²) in [5.41, 5.74) is 11.1.